The van der Waals surface area contributed by atoms with E-state index >= 15 is 0 Å². The lowest BCUT2D eigenvalue weighted by Crippen LogP contribution is -2.45. The number of nitrogens with zero attached hydrogens (tertiary/aromatic N) is 1. The van der Waals surface area contributed by atoms with Crippen molar-refractivity contribution in [2.45, 2.75) is 11.7 Å². The van der Waals surface area contributed by atoms with Crippen LogP contribution in [0.4, 0.5) is 5.69 Å². The van der Waals surface area contributed by atoms with Gasteiger partial charge >= 0.3 is 5.17 Å². The smallest absolute Gasteiger partial charge is 0.300 e. The number of amidine groups is 1. The summed E-state index contributed by atoms with van der Waals surface area (Å²) in [4.78, 5) is 13.9. The second-order valence-electron chi connectivity index (χ2n) is 3.99. The highest BCUT2D eigenvalue weighted by Gasteiger charge is 2.34. The maximum Gasteiger partial charge on any atom is 0.300 e. The molecule has 0 saturated carbocycles. The van der Waals surface area contributed by atoms with E-state index in [1.807, 2.05) is 24.3 Å². The average molecular weight is 266 g/mol. The molecule has 96 valence electrons. The summed E-state index contributed by atoms with van der Waals surface area (Å²) in [5, 5.41) is 5.50. The van der Waals surface area contributed by atoms with E-state index in [0.717, 1.165) is 17.9 Å². The van der Waals surface area contributed by atoms with Gasteiger partial charge in [-0.3, -0.25) is 15.9 Å². The van der Waals surface area contributed by atoms with Crippen LogP contribution in [0.5, 0.6) is 5.75 Å². The van der Waals surface area contributed by atoms with E-state index < -0.39 is 0 Å². The molecule has 1 aliphatic heterocycles. The van der Waals surface area contributed by atoms with Gasteiger partial charge in [-0.05, 0) is 42.4 Å². The molecule has 18 heavy (non-hydrogen) atoms. The lowest BCUT2D eigenvalue weighted by Gasteiger charge is -2.16. The van der Waals surface area contributed by atoms with Gasteiger partial charge in [-0.15, -0.1) is 0 Å². The number of carbonyl (C=O) groups excluding carboxylic acids is 1. The van der Waals surface area contributed by atoms with E-state index in [0.29, 0.717) is 6.54 Å². The number of nitrogens with two attached hydrogens (primary N) is 2. The molecule has 1 fully saturated rings. The number of amides is 1. The zero-order valence-electron chi connectivity index (χ0n) is 10.1. The molecule has 6 heteroatoms. The third-order valence-electron chi connectivity index (χ3n) is 2.82. The van der Waals surface area contributed by atoms with Crippen LogP contribution in [-0.2, 0) is 4.79 Å². The van der Waals surface area contributed by atoms with Crippen molar-refractivity contribution in [2.24, 2.45) is 5.73 Å². The van der Waals surface area contributed by atoms with Crippen LogP contribution in [0.3, 0.4) is 0 Å². The fourth-order valence-corrected chi connectivity index (χ4v) is 2.73. The molecule has 1 heterocycles. The number of thioether (sulfide) groups is 1. The number of benzene rings is 1. The normalized spacial score (nSPS) is 19.1. The Kier molecular flexibility index (Phi) is 3.76. The highest BCUT2D eigenvalue weighted by molar-refractivity contribution is 8.14. The van der Waals surface area contributed by atoms with Crippen molar-refractivity contribution in [1.82, 2.24) is 0 Å². The summed E-state index contributed by atoms with van der Waals surface area (Å²) in [6, 6.07) is 7.43. The number of anilines is 1. The highest BCUT2D eigenvalue weighted by Crippen LogP contribution is 2.28. The van der Waals surface area contributed by atoms with Crippen LogP contribution in [0.1, 0.15) is 6.42 Å². The third kappa shape index (κ3) is 2.59. The Morgan fingerprint density at radius 2 is 2.17 bits per heavy atom. The van der Waals surface area contributed by atoms with Crippen molar-refractivity contribution in [2.75, 3.05) is 18.6 Å². The Balaban J connectivity index is 2.10. The molecule has 0 spiro atoms. The molecule has 0 bridgehead atoms. The third-order valence-corrected chi connectivity index (χ3v) is 3.81. The zero-order chi connectivity index (χ0) is 13.1. The molecule has 1 amide bonds. The number of ether oxygens (including phenoxy) is 1. The molecule has 0 radical (unpaired) electrons. The molecule has 4 N–H and O–H groups in total. The highest BCUT2D eigenvalue weighted by atomic mass is 32.2. The van der Waals surface area contributed by atoms with Gasteiger partial charge in [0.2, 0.25) is 5.91 Å². The zero-order valence-corrected chi connectivity index (χ0v) is 10.9. The number of hydrogen-bond acceptors (Lipinski definition) is 3. The van der Waals surface area contributed by atoms with Crippen LogP contribution < -0.4 is 20.8 Å². The standard InChI is InChI=1S/C12H15N3O2S/c1-17-9-4-2-8(3-5-9)15-7-6-10(11(15)16)18-12(13)14/h2-5,10H,6-7H2,1H3,(H3,13,14)/p+1. The van der Waals surface area contributed by atoms with Gasteiger partial charge in [-0.25, -0.2) is 0 Å². The van der Waals surface area contributed by atoms with Gasteiger partial charge in [0.1, 0.15) is 5.75 Å². The largest absolute Gasteiger partial charge is 0.497 e. The van der Waals surface area contributed by atoms with E-state index in [2.05, 4.69) is 0 Å². The van der Waals surface area contributed by atoms with Crippen molar-refractivity contribution < 1.29 is 14.9 Å². The monoisotopic (exact) mass is 266 g/mol. The molecule has 0 aromatic heterocycles. The summed E-state index contributed by atoms with van der Waals surface area (Å²) in [6.45, 7) is 0.691. The average Bonchev–Trinajstić information content (AvgIpc) is 2.71. The van der Waals surface area contributed by atoms with Gasteiger partial charge < -0.3 is 9.64 Å². The van der Waals surface area contributed by atoms with Crippen LogP contribution in [0.15, 0.2) is 24.3 Å². The molecule has 1 aromatic carbocycles. The summed E-state index contributed by atoms with van der Waals surface area (Å²) in [5.41, 5.74) is 6.30. The Hall–Kier alpha value is -1.69. The Bertz CT molecular complexity index is 461. The first-order chi connectivity index (χ1) is 8.61. The van der Waals surface area contributed by atoms with Crippen LogP contribution in [0, 0.1) is 0 Å². The SMILES string of the molecule is COc1ccc(N2CCC(SC(N)=[NH2+])C2=O)cc1. The summed E-state index contributed by atoms with van der Waals surface area (Å²) >= 11 is 1.23. The van der Waals surface area contributed by atoms with Crippen molar-refractivity contribution in [3.05, 3.63) is 24.3 Å². The first-order valence-electron chi connectivity index (χ1n) is 5.62. The Labute approximate surface area is 110 Å². The van der Waals surface area contributed by atoms with Crippen molar-refractivity contribution in [1.29, 1.82) is 0 Å². The molecule has 0 aliphatic carbocycles. The van der Waals surface area contributed by atoms with E-state index in [1.165, 1.54) is 11.8 Å². The molecule has 2 rings (SSSR count). The molecule has 1 aromatic rings. The minimum Gasteiger partial charge on any atom is -0.497 e. The first kappa shape index (κ1) is 12.8. The maximum atomic E-state index is 12.1. The van der Waals surface area contributed by atoms with Gasteiger partial charge in [0.15, 0.2) is 0 Å². The van der Waals surface area contributed by atoms with E-state index in [9.17, 15) is 4.79 Å². The van der Waals surface area contributed by atoms with Crippen molar-refractivity contribution >= 4 is 28.5 Å². The Morgan fingerprint density at radius 1 is 1.50 bits per heavy atom. The molecule has 1 saturated heterocycles. The van der Waals surface area contributed by atoms with Crippen LogP contribution in [-0.4, -0.2) is 30.0 Å². The lowest BCUT2D eigenvalue weighted by atomic mass is 10.3. The second kappa shape index (κ2) is 5.30. The lowest BCUT2D eigenvalue weighted by molar-refractivity contribution is -0.117. The second-order valence-corrected chi connectivity index (χ2v) is 5.26. The first-order valence-corrected chi connectivity index (χ1v) is 6.50. The van der Waals surface area contributed by atoms with Gasteiger partial charge in [0.05, 0.1) is 12.4 Å². The van der Waals surface area contributed by atoms with Crippen LogP contribution in [0.2, 0.25) is 0 Å². The topological polar surface area (TPSA) is 81.2 Å². The predicted octanol–water partition coefficient (Wildman–Crippen LogP) is -0.392. The molecule has 1 atom stereocenters. The minimum absolute atomic E-state index is 0.0542. The number of rotatable bonds is 3. The number of carbonyl (C=O) groups is 1. The van der Waals surface area contributed by atoms with E-state index in [4.69, 9.17) is 15.9 Å². The molecular weight excluding hydrogens is 250 g/mol. The van der Waals surface area contributed by atoms with Crippen LogP contribution in [0.25, 0.3) is 0 Å². The van der Waals surface area contributed by atoms with Crippen molar-refractivity contribution in [3.8, 4) is 5.75 Å². The number of methoxy groups -OCH3 is 1. The fourth-order valence-electron chi connectivity index (χ4n) is 1.95. The summed E-state index contributed by atoms with van der Waals surface area (Å²) in [6.07, 6.45) is 0.757. The predicted molar refractivity (Wildman–Crippen MR) is 72.5 cm³/mol. The van der Waals surface area contributed by atoms with Gasteiger partial charge in [-0.1, -0.05) is 0 Å². The minimum atomic E-state index is -0.169. The fraction of sp³-hybridized carbons (Fsp3) is 0.333. The van der Waals surface area contributed by atoms with Gasteiger partial charge in [0.25, 0.3) is 0 Å². The molecular formula is C12H16N3O2S+. The summed E-state index contributed by atoms with van der Waals surface area (Å²) in [5.74, 6) is 0.828. The molecule has 5 nitrogen and oxygen atoms in total. The van der Waals surface area contributed by atoms with Crippen LogP contribution >= 0.6 is 11.8 Å². The van der Waals surface area contributed by atoms with Gasteiger partial charge in [-0.2, -0.15) is 0 Å². The molecule has 1 unspecified atom stereocenters. The Morgan fingerprint density at radius 3 is 2.72 bits per heavy atom. The molecule has 1 aliphatic rings. The maximum absolute atomic E-state index is 12.1. The quantitative estimate of drug-likeness (QED) is 0.576. The summed E-state index contributed by atoms with van der Waals surface area (Å²) < 4.78 is 5.09. The van der Waals surface area contributed by atoms with Crippen molar-refractivity contribution in [3.63, 3.8) is 0 Å². The van der Waals surface area contributed by atoms with Gasteiger partial charge in [0, 0.05) is 12.2 Å². The van der Waals surface area contributed by atoms with E-state index in [1.54, 1.807) is 12.0 Å². The van der Waals surface area contributed by atoms with E-state index in [-0.39, 0.29) is 16.3 Å². The number of hydrogen-bond donors (Lipinski definition) is 2. The summed E-state index contributed by atoms with van der Waals surface area (Å²) in [7, 11) is 1.61.